The van der Waals surface area contributed by atoms with Crippen molar-refractivity contribution in [1.82, 2.24) is 4.49 Å². The molecule has 0 aromatic carbocycles. The highest BCUT2D eigenvalue weighted by Crippen LogP contribution is 1.74. The third kappa shape index (κ3) is 4.30. The molecule has 0 radical (unpaired) electrons. The first-order valence-electron chi connectivity index (χ1n) is 1.01. The molecule has 6 heteroatoms. The van der Waals surface area contributed by atoms with Crippen molar-refractivity contribution in [2.24, 2.45) is 0 Å². The second kappa shape index (κ2) is 1.84. The highest BCUT2D eigenvalue weighted by atomic mass is 32.2. The Morgan fingerprint density at radius 1 is 1.67 bits per heavy atom. The van der Waals surface area contributed by atoms with Gasteiger partial charge in [0, 0.05) is 0 Å². The summed E-state index contributed by atoms with van der Waals surface area (Å²) in [5.74, 6) is 0. The fourth-order valence-electron chi connectivity index (χ4n) is 0. The lowest BCUT2D eigenvalue weighted by Gasteiger charge is -1.83. The van der Waals surface area contributed by atoms with Crippen LogP contribution in [-0.4, -0.2) is 13.0 Å². The zero-order chi connectivity index (χ0) is 5.21. The molecule has 0 spiro atoms. The first-order valence-corrected chi connectivity index (χ1v) is 3.03. The summed E-state index contributed by atoms with van der Waals surface area (Å²) in [7, 11) is -2.31. The standard InChI is InChI=1S/H4NO3PS/c2-6(3,4)1-5/h1H,5H2,(H,2,3,4). The van der Waals surface area contributed by atoms with Crippen LogP contribution in [0.15, 0.2) is 0 Å². The maximum Gasteiger partial charge on any atom is 0.336 e. The molecule has 0 fully saturated rings. The average molecular weight is 129 g/mol. The predicted octanol–water partition coefficient (Wildman–Crippen LogP) is -0.831. The van der Waals surface area contributed by atoms with Gasteiger partial charge in [-0.1, -0.05) is 0 Å². The first kappa shape index (κ1) is 6.30. The Kier molecular flexibility index (Phi) is 1.93. The summed E-state index contributed by atoms with van der Waals surface area (Å²) in [6.07, 6.45) is 0. The Bertz CT molecular complexity index is 113. The van der Waals surface area contributed by atoms with Gasteiger partial charge in [0.2, 0.25) is 0 Å². The van der Waals surface area contributed by atoms with Crippen LogP contribution in [0.5, 0.6) is 0 Å². The quantitative estimate of drug-likeness (QED) is 0.358. The van der Waals surface area contributed by atoms with Crippen molar-refractivity contribution >= 4 is 19.7 Å². The zero-order valence-electron chi connectivity index (χ0n) is 2.75. The molecule has 0 heterocycles. The molecule has 0 amide bonds. The molecule has 0 saturated carbocycles. The summed E-state index contributed by atoms with van der Waals surface area (Å²) in [4.78, 5) is 0. The lowest BCUT2D eigenvalue weighted by Crippen LogP contribution is -2.09. The highest BCUT2D eigenvalue weighted by Gasteiger charge is 1.91. The molecule has 4 nitrogen and oxygen atoms in total. The van der Waals surface area contributed by atoms with Crippen LogP contribution in [-0.2, 0) is 10.3 Å². The van der Waals surface area contributed by atoms with E-state index in [1.807, 2.05) is 0 Å². The Hall–Kier alpha value is 0.300. The first-order chi connectivity index (χ1) is 2.56. The van der Waals surface area contributed by atoms with Gasteiger partial charge in [0.05, 0.1) is 0 Å². The van der Waals surface area contributed by atoms with Gasteiger partial charge >= 0.3 is 10.3 Å². The smallest absolute Gasteiger partial charge is 0.273 e. The fraction of sp³-hybridized carbons (Fsp3) is 0. The van der Waals surface area contributed by atoms with Crippen molar-refractivity contribution in [2.75, 3.05) is 0 Å². The molecule has 0 aliphatic carbocycles. The molecule has 0 aromatic rings. The molecule has 1 unspecified atom stereocenters. The molecule has 0 saturated heterocycles. The Morgan fingerprint density at radius 2 is 1.83 bits per heavy atom. The molecule has 0 aliphatic heterocycles. The summed E-state index contributed by atoms with van der Waals surface area (Å²) in [6.45, 7) is 0. The minimum atomic E-state index is -3.95. The topological polar surface area (TPSA) is 66.4 Å². The molecule has 1 atom stereocenters. The van der Waals surface area contributed by atoms with Crippen molar-refractivity contribution in [3.05, 3.63) is 0 Å². The van der Waals surface area contributed by atoms with Gasteiger partial charge in [-0.05, 0) is 9.39 Å². The molecule has 0 bridgehead atoms. The van der Waals surface area contributed by atoms with E-state index in [1.54, 1.807) is 13.9 Å². The fourth-order valence-corrected chi connectivity index (χ4v) is 0. The molecule has 0 aliphatic rings. The molecule has 2 N–H and O–H groups in total. The van der Waals surface area contributed by atoms with Crippen molar-refractivity contribution in [3.63, 3.8) is 0 Å². The molecule has 6 heavy (non-hydrogen) atoms. The van der Waals surface area contributed by atoms with Gasteiger partial charge < -0.3 is 0 Å². The lowest BCUT2D eigenvalue weighted by molar-refractivity contribution is 0.481. The van der Waals surface area contributed by atoms with Crippen LogP contribution < -0.4 is 4.49 Å². The van der Waals surface area contributed by atoms with Gasteiger partial charge in [-0.15, -0.1) is 0 Å². The van der Waals surface area contributed by atoms with Crippen molar-refractivity contribution < 1.29 is 13.0 Å². The maximum absolute atomic E-state index is 9.42. The van der Waals surface area contributed by atoms with Gasteiger partial charge in [0.15, 0.2) is 0 Å². The van der Waals surface area contributed by atoms with Crippen molar-refractivity contribution in [2.45, 2.75) is 0 Å². The maximum atomic E-state index is 9.42. The average Bonchev–Trinajstić information content (AvgIpc) is 1.35. The van der Waals surface area contributed by atoms with E-state index in [0.717, 1.165) is 0 Å². The Balaban J connectivity index is 3.85. The second-order valence-electron chi connectivity index (χ2n) is 0.593. The van der Waals surface area contributed by atoms with E-state index < -0.39 is 10.3 Å². The van der Waals surface area contributed by atoms with Gasteiger partial charge in [-0.3, -0.25) is 4.55 Å². The van der Waals surface area contributed by atoms with Crippen molar-refractivity contribution in [3.8, 4) is 0 Å². The van der Waals surface area contributed by atoms with Crippen LogP contribution in [0.2, 0.25) is 0 Å². The van der Waals surface area contributed by atoms with E-state index in [1.165, 1.54) is 0 Å². The zero-order valence-corrected chi connectivity index (χ0v) is 4.72. The van der Waals surface area contributed by atoms with E-state index in [2.05, 4.69) is 0 Å². The summed E-state index contributed by atoms with van der Waals surface area (Å²) >= 11 is 0. The lowest BCUT2D eigenvalue weighted by atomic mass is 13.9. The SMILES string of the molecule is O=S(=O)(O)NP. The van der Waals surface area contributed by atoms with E-state index in [9.17, 15) is 8.42 Å². The minimum absolute atomic E-state index is 1.55. The number of rotatable bonds is 1. The summed E-state index contributed by atoms with van der Waals surface area (Å²) in [6, 6.07) is 0. The Labute approximate surface area is 38.1 Å². The predicted molar refractivity (Wildman–Crippen MR) is 24.4 cm³/mol. The highest BCUT2D eigenvalue weighted by molar-refractivity contribution is 7.86. The van der Waals surface area contributed by atoms with Gasteiger partial charge in [0.25, 0.3) is 0 Å². The van der Waals surface area contributed by atoms with E-state index >= 15 is 0 Å². The van der Waals surface area contributed by atoms with E-state index in [0.29, 0.717) is 0 Å². The van der Waals surface area contributed by atoms with E-state index in [-0.39, 0.29) is 0 Å². The minimum Gasteiger partial charge on any atom is -0.273 e. The summed E-state index contributed by atoms with van der Waals surface area (Å²) in [5.41, 5.74) is 0. The number of nitrogens with one attached hydrogen (secondary N) is 1. The van der Waals surface area contributed by atoms with E-state index in [4.69, 9.17) is 4.55 Å². The molecule has 38 valence electrons. The Morgan fingerprint density at radius 3 is 1.83 bits per heavy atom. The normalized spacial score (nSPS) is 11.7. The van der Waals surface area contributed by atoms with Crippen LogP contribution >= 0.6 is 9.39 Å². The van der Waals surface area contributed by atoms with Gasteiger partial charge in [-0.2, -0.15) is 12.9 Å². The van der Waals surface area contributed by atoms with Gasteiger partial charge in [-0.25, -0.2) is 0 Å². The van der Waals surface area contributed by atoms with Crippen LogP contribution in [0.1, 0.15) is 0 Å². The number of hydrogen-bond acceptors (Lipinski definition) is 2. The number of hydrogen-bond donors (Lipinski definition) is 2. The van der Waals surface area contributed by atoms with Gasteiger partial charge in [0.1, 0.15) is 0 Å². The molecular weight excluding hydrogens is 125 g/mol. The van der Waals surface area contributed by atoms with Crippen LogP contribution in [0.25, 0.3) is 0 Å². The monoisotopic (exact) mass is 129 g/mol. The third-order valence-corrected chi connectivity index (χ3v) is 1.34. The molecule has 0 rings (SSSR count). The van der Waals surface area contributed by atoms with Crippen LogP contribution in [0.3, 0.4) is 0 Å². The largest absolute Gasteiger partial charge is 0.336 e. The third-order valence-electron chi connectivity index (χ3n) is 0.149. The summed E-state index contributed by atoms with van der Waals surface area (Å²) in [5, 5.41) is 0. The van der Waals surface area contributed by atoms with Crippen LogP contribution in [0, 0.1) is 0 Å². The molecule has 0 aromatic heterocycles. The second-order valence-corrected chi connectivity index (χ2v) is 2.49. The van der Waals surface area contributed by atoms with Crippen molar-refractivity contribution in [1.29, 1.82) is 0 Å². The summed E-state index contributed by atoms with van der Waals surface area (Å²) < 4.78 is 28.1. The molecular formula is H4NO3PS. The van der Waals surface area contributed by atoms with Crippen LogP contribution in [0.4, 0.5) is 0 Å².